The fourth-order valence-corrected chi connectivity index (χ4v) is 0.740. The average Bonchev–Trinajstić information content (AvgIpc) is 2.02. The van der Waals surface area contributed by atoms with Crippen LogP contribution in [0.25, 0.3) is 0 Å². The molecule has 0 radical (unpaired) electrons. The van der Waals surface area contributed by atoms with Gasteiger partial charge in [-0.05, 0) is 13.8 Å². The molecule has 2 heteroatoms. The van der Waals surface area contributed by atoms with Gasteiger partial charge in [0.05, 0.1) is 12.5 Å². The van der Waals surface area contributed by atoms with Crippen LogP contribution in [0.5, 0.6) is 0 Å². The molecule has 13 heavy (non-hydrogen) atoms. The normalized spacial score (nSPS) is 15.2. The fraction of sp³-hybridized carbons (Fsp3) is 0.636. The monoisotopic (exact) mass is 184 g/mol. The molecular formula is C11H20O2. The van der Waals surface area contributed by atoms with Crippen molar-refractivity contribution >= 4 is 0 Å². The number of ether oxygens (including phenoxy) is 2. The van der Waals surface area contributed by atoms with Gasteiger partial charge in [0.15, 0.2) is 0 Å². The maximum Gasteiger partial charge on any atom is 0.244 e. The van der Waals surface area contributed by atoms with Crippen molar-refractivity contribution in [3.63, 3.8) is 0 Å². The minimum Gasteiger partial charge on any atom is -0.462 e. The summed E-state index contributed by atoms with van der Waals surface area (Å²) in [4.78, 5) is 0. The lowest BCUT2D eigenvalue weighted by Gasteiger charge is -2.28. The standard InChI is InChI=1S/C11H20O2/c1-6-8-12-10(11(3,4)5)13-9-7-2/h6-10H,1-5H3. The largest absolute Gasteiger partial charge is 0.462 e. The molecule has 0 atom stereocenters. The lowest BCUT2D eigenvalue weighted by molar-refractivity contribution is -0.128. The first kappa shape index (κ1) is 12.1. The van der Waals surface area contributed by atoms with Crippen molar-refractivity contribution in [1.29, 1.82) is 0 Å². The van der Waals surface area contributed by atoms with Gasteiger partial charge in [-0.2, -0.15) is 0 Å². The minimum absolute atomic E-state index is 0.0288. The first-order valence-corrected chi connectivity index (χ1v) is 4.55. The van der Waals surface area contributed by atoms with Gasteiger partial charge in [0.1, 0.15) is 0 Å². The maximum atomic E-state index is 5.40. The minimum atomic E-state index is -0.236. The molecule has 0 aliphatic heterocycles. The molecule has 0 fully saturated rings. The van der Waals surface area contributed by atoms with E-state index in [1.54, 1.807) is 12.5 Å². The van der Waals surface area contributed by atoms with E-state index in [1.165, 1.54) is 0 Å². The SMILES string of the molecule is CC=COC(OC=CC)C(C)(C)C. The van der Waals surface area contributed by atoms with Gasteiger partial charge < -0.3 is 9.47 Å². The zero-order valence-electron chi connectivity index (χ0n) is 9.20. The molecule has 0 aliphatic rings. The van der Waals surface area contributed by atoms with E-state index in [4.69, 9.17) is 9.47 Å². The Balaban J connectivity index is 4.19. The van der Waals surface area contributed by atoms with Gasteiger partial charge in [-0.3, -0.25) is 0 Å². The summed E-state index contributed by atoms with van der Waals surface area (Å²) >= 11 is 0. The third-order valence-electron chi connectivity index (χ3n) is 1.38. The van der Waals surface area contributed by atoms with Gasteiger partial charge in [0.25, 0.3) is 0 Å². The Morgan fingerprint density at radius 3 is 1.54 bits per heavy atom. The summed E-state index contributed by atoms with van der Waals surface area (Å²) < 4.78 is 10.8. The lowest BCUT2D eigenvalue weighted by atomic mass is 9.96. The van der Waals surface area contributed by atoms with Crippen molar-refractivity contribution in [2.45, 2.75) is 40.9 Å². The molecular weight excluding hydrogens is 164 g/mol. The van der Waals surface area contributed by atoms with Crippen LogP contribution in [0.2, 0.25) is 0 Å². The average molecular weight is 184 g/mol. The van der Waals surface area contributed by atoms with Crippen LogP contribution in [0.1, 0.15) is 34.6 Å². The van der Waals surface area contributed by atoms with E-state index < -0.39 is 0 Å². The van der Waals surface area contributed by atoms with Crippen LogP contribution in [-0.4, -0.2) is 6.29 Å². The van der Waals surface area contributed by atoms with Crippen LogP contribution in [0.4, 0.5) is 0 Å². The van der Waals surface area contributed by atoms with Crippen LogP contribution in [0.15, 0.2) is 24.7 Å². The van der Waals surface area contributed by atoms with Gasteiger partial charge in [-0.1, -0.05) is 32.9 Å². The van der Waals surface area contributed by atoms with Crippen LogP contribution >= 0.6 is 0 Å². The van der Waals surface area contributed by atoms with Gasteiger partial charge in [-0.15, -0.1) is 0 Å². The van der Waals surface area contributed by atoms with Crippen LogP contribution < -0.4 is 0 Å². The molecule has 0 aromatic heterocycles. The highest BCUT2D eigenvalue weighted by atomic mass is 16.7. The first-order valence-electron chi connectivity index (χ1n) is 4.55. The van der Waals surface area contributed by atoms with Gasteiger partial charge in [0, 0.05) is 5.41 Å². The second kappa shape index (κ2) is 5.68. The highest BCUT2D eigenvalue weighted by molar-refractivity contribution is 4.76. The quantitative estimate of drug-likeness (QED) is 0.492. The third-order valence-corrected chi connectivity index (χ3v) is 1.38. The summed E-state index contributed by atoms with van der Waals surface area (Å²) in [5.41, 5.74) is -0.0288. The van der Waals surface area contributed by atoms with E-state index >= 15 is 0 Å². The number of rotatable bonds is 4. The Kier molecular flexibility index (Phi) is 5.28. The van der Waals surface area contributed by atoms with E-state index in [2.05, 4.69) is 20.8 Å². The number of hydrogen-bond acceptors (Lipinski definition) is 2. The highest BCUT2D eigenvalue weighted by Gasteiger charge is 2.26. The van der Waals surface area contributed by atoms with Crippen molar-refractivity contribution in [2.75, 3.05) is 0 Å². The number of allylic oxidation sites excluding steroid dienone is 2. The molecule has 0 unspecified atom stereocenters. The van der Waals surface area contributed by atoms with E-state index in [0.717, 1.165) is 0 Å². The summed E-state index contributed by atoms with van der Waals surface area (Å²) in [6, 6.07) is 0. The third kappa shape index (κ3) is 5.34. The predicted octanol–water partition coefficient (Wildman–Crippen LogP) is 3.46. The molecule has 0 bridgehead atoms. The van der Waals surface area contributed by atoms with Crippen molar-refractivity contribution in [1.82, 2.24) is 0 Å². The Morgan fingerprint density at radius 1 is 0.923 bits per heavy atom. The summed E-state index contributed by atoms with van der Waals surface area (Å²) in [5.74, 6) is 0. The zero-order valence-corrected chi connectivity index (χ0v) is 9.20. The van der Waals surface area contributed by atoms with E-state index in [9.17, 15) is 0 Å². The van der Waals surface area contributed by atoms with Crippen LogP contribution in [-0.2, 0) is 9.47 Å². The summed E-state index contributed by atoms with van der Waals surface area (Å²) in [6.07, 6.45) is 6.76. The topological polar surface area (TPSA) is 18.5 Å². The predicted molar refractivity (Wildman–Crippen MR) is 55.0 cm³/mol. The Morgan fingerprint density at radius 2 is 1.31 bits per heavy atom. The molecule has 0 saturated carbocycles. The molecule has 0 rings (SSSR count). The molecule has 0 aromatic rings. The zero-order chi connectivity index (χ0) is 10.3. The Labute approximate surface area is 81.2 Å². The highest BCUT2D eigenvalue weighted by Crippen LogP contribution is 2.23. The summed E-state index contributed by atoms with van der Waals surface area (Å²) in [7, 11) is 0. The summed E-state index contributed by atoms with van der Waals surface area (Å²) in [5, 5.41) is 0. The fourth-order valence-electron chi connectivity index (χ4n) is 0.740. The van der Waals surface area contributed by atoms with E-state index in [-0.39, 0.29) is 11.7 Å². The molecule has 0 saturated heterocycles. The molecule has 76 valence electrons. The summed E-state index contributed by atoms with van der Waals surface area (Å²) in [6.45, 7) is 10.0. The van der Waals surface area contributed by atoms with Crippen LogP contribution in [0.3, 0.4) is 0 Å². The number of hydrogen-bond donors (Lipinski definition) is 0. The molecule has 0 heterocycles. The van der Waals surface area contributed by atoms with Crippen molar-refractivity contribution < 1.29 is 9.47 Å². The van der Waals surface area contributed by atoms with E-state index in [1.807, 2.05) is 26.0 Å². The molecule has 0 aliphatic carbocycles. The van der Waals surface area contributed by atoms with Crippen molar-refractivity contribution in [3.05, 3.63) is 24.7 Å². The van der Waals surface area contributed by atoms with Gasteiger partial charge >= 0.3 is 0 Å². The molecule has 2 nitrogen and oxygen atoms in total. The second-order valence-electron chi connectivity index (χ2n) is 3.91. The first-order chi connectivity index (χ1) is 6.02. The Hall–Kier alpha value is -0.920. The van der Waals surface area contributed by atoms with Crippen molar-refractivity contribution in [2.24, 2.45) is 5.41 Å². The smallest absolute Gasteiger partial charge is 0.244 e. The van der Waals surface area contributed by atoms with Crippen molar-refractivity contribution in [3.8, 4) is 0 Å². The molecule has 0 aromatic carbocycles. The second-order valence-corrected chi connectivity index (χ2v) is 3.91. The molecule has 0 amide bonds. The maximum absolute atomic E-state index is 5.40. The Bertz CT molecular complexity index is 161. The molecule has 0 spiro atoms. The van der Waals surface area contributed by atoms with Gasteiger partial charge in [0.2, 0.25) is 6.29 Å². The van der Waals surface area contributed by atoms with Crippen LogP contribution in [0, 0.1) is 5.41 Å². The lowest BCUT2D eigenvalue weighted by Crippen LogP contribution is -2.29. The van der Waals surface area contributed by atoms with E-state index in [0.29, 0.717) is 0 Å². The van der Waals surface area contributed by atoms with Gasteiger partial charge in [-0.25, -0.2) is 0 Å². The molecule has 0 N–H and O–H groups in total.